The Hall–Kier alpha value is -0.981. The zero-order chi connectivity index (χ0) is 12.5. The minimum absolute atomic E-state index is 0. The predicted molar refractivity (Wildman–Crippen MR) is 78.4 cm³/mol. The van der Waals surface area contributed by atoms with Crippen LogP contribution in [-0.2, 0) is 25.5 Å². The van der Waals surface area contributed by atoms with E-state index < -0.39 is 0 Å². The van der Waals surface area contributed by atoms with Gasteiger partial charge in [-0.2, -0.15) is 0 Å². The molecule has 1 radical (unpaired) electrons. The maximum Gasteiger partial charge on any atom is 0.0190 e. The third-order valence-electron chi connectivity index (χ3n) is 2.85. The van der Waals surface area contributed by atoms with Crippen LogP contribution in [-0.4, -0.2) is 4.98 Å². The second-order valence-corrected chi connectivity index (χ2v) is 5.46. The molecular formula is C17H21IrN-2. The predicted octanol–water partition coefficient (Wildman–Crippen LogP) is 4.60. The van der Waals surface area contributed by atoms with Crippen molar-refractivity contribution in [2.45, 2.75) is 33.1 Å². The summed E-state index contributed by atoms with van der Waals surface area (Å²) in [6.45, 7) is 8.70. The Labute approximate surface area is 130 Å². The van der Waals surface area contributed by atoms with Crippen LogP contribution in [0.15, 0.2) is 36.5 Å². The fourth-order valence-electron chi connectivity index (χ4n) is 1.71. The van der Waals surface area contributed by atoms with Gasteiger partial charge in [-0.15, -0.1) is 35.4 Å². The van der Waals surface area contributed by atoms with Crippen LogP contribution in [0.5, 0.6) is 0 Å². The van der Waals surface area contributed by atoms with Gasteiger partial charge in [-0.1, -0.05) is 32.9 Å². The van der Waals surface area contributed by atoms with E-state index in [0.717, 1.165) is 11.3 Å². The summed E-state index contributed by atoms with van der Waals surface area (Å²) in [6, 6.07) is 13.7. The fraction of sp³-hybridized carbons (Fsp3) is 0.294. The number of aromatic nitrogens is 1. The SMILES string of the molecule is Cc1ccc(-c2[c-]ccc(C(C)(C)C)c2)nc1.[CH3-].[Ir]. The van der Waals surface area contributed by atoms with Crippen LogP contribution in [0, 0.1) is 20.4 Å². The topological polar surface area (TPSA) is 12.9 Å². The number of rotatable bonds is 1. The van der Waals surface area contributed by atoms with Gasteiger partial charge in [-0.3, -0.25) is 0 Å². The Bertz CT molecular complexity index is 510. The summed E-state index contributed by atoms with van der Waals surface area (Å²) in [5.41, 5.74) is 4.71. The van der Waals surface area contributed by atoms with Gasteiger partial charge in [0.05, 0.1) is 0 Å². The Morgan fingerprint density at radius 2 is 1.79 bits per heavy atom. The molecule has 0 saturated heterocycles. The Morgan fingerprint density at radius 1 is 1.11 bits per heavy atom. The standard InChI is InChI=1S/C16H18N.CH3.Ir/c1-12-8-9-15(17-11-12)13-6-5-7-14(10-13)16(2,3)4;;/h5,7-11H,1-4H3;1H3;/q2*-1;. The van der Waals surface area contributed by atoms with Crippen LogP contribution in [0.1, 0.15) is 31.9 Å². The van der Waals surface area contributed by atoms with Crippen molar-refractivity contribution in [1.82, 2.24) is 4.98 Å². The van der Waals surface area contributed by atoms with Gasteiger partial charge in [0.25, 0.3) is 0 Å². The van der Waals surface area contributed by atoms with Crippen molar-refractivity contribution in [2.75, 3.05) is 0 Å². The van der Waals surface area contributed by atoms with E-state index in [2.05, 4.69) is 50.0 Å². The van der Waals surface area contributed by atoms with E-state index >= 15 is 0 Å². The Balaban J connectivity index is 0.00000162. The summed E-state index contributed by atoms with van der Waals surface area (Å²) >= 11 is 0. The van der Waals surface area contributed by atoms with E-state index in [0.29, 0.717) is 0 Å². The summed E-state index contributed by atoms with van der Waals surface area (Å²) in [7, 11) is 0. The zero-order valence-electron chi connectivity index (χ0n) is 12.2. The first-order chi connectivity index (χ1) is 7.97. The van der Waals surface area contributed by atoms with Crippen LogP contribution < -0.4 is 0 Å². The molecule has 0 aliphatic carbocycles. The molecule has 1 aromatic heterocycles. The first-order valence-corrected chi connectivity index (χ1v) is 5.92. The molecule has 1 nitrogen and oxygen atoms in total. The van der Waals surface area contributed by atoms with Gasteiger partial charge in [-0.25, -0.2) is 0 Å². The summed E-state index contributed by atoms with van der Waals surface area (Å²) in [5.74, 6) is 0. The second kappa shape index (κ2) is 6.98. The van der Waals surface area contributed by atoms with Gasteiger partial charge in [0.2, 0.25) is 0 Å². The summed E-state index contributed by atoms with van der Waals surface area (Å²) in [5, 5.41) is 0. The smallest absolute Gasteiger partial charge is 0.0190 e. The third kappa shape index (κ3) is 4.56. The maximum atomic E-state index is 4.44. The molecule has 1 aromatic carbocycles. The molecule has 1 heterocycles. The molecular weight excluding hydrogens is 410 g/mol. The summed E-state index contributed by atoms with van der Waals surface area (Å²) in [4.78, 5) is 4.44. The minimum atomic E-state index is 0. The number of hydrogen-bond donors (Lipinski definition) is 0. The molecule has 0 fully saturated rings. The van der Waals surface area contributed by atoms with Crippen molar-refractivity contribution < 1.29 is 20.1 Å². The molecule has 0 spiro atoms. The largest absolute Gasteiger partial charge is 0.358 e. The molecule has 19 heavy (non-hydrogen) atoms. The van der Waals surface area contributed by atoms with Crippen LogP contribution >= 0.6 is 0 Å². The molecule has 0 bridgehead atoms. The molecule has 0 aliphatic heterocycles. The zero-order valence-corrected chi connectivity index (χ0v) is 14.6. The third-order valence-corrected chi connectivity index (χ3v) is 2.85. The number of pyridine rings is 1. The van der Waals surface area contributed by atoms with Crippen LogP contribution in [0.2, 0.25) is 0 Å². The average molecular weight is 432 g/mol. The molecule has 0 aliphatic rings. The molecule has 0 N–H and O–H groups in total. The van der Waals surface area contributed by atoms with E-state index in [4.69, 9.17) is 0 Å². The van der Waals surface area contributed by atoms with Crippen LogP contribution in [0.25, 0.3) is 11.3 Å². The van der Waals surface area contributed by atoms with E-state index in [1.54, 1.807) is 0 Å². The normalized spacial score (nSPS) is 10.3. The van der Waals surface area contributed by atoms with E-state index in [-0.39, 0.29) is 32.9 Å². The van der Waals surface area contributed by atoms with E-state index in [9.17, 15) is 0 Å². The van der Waals surface area contributed by atoms with Crippen molar-refractivity contribution in [3.8, 4) is 11.3 Å². The number of nitrogens with zero attached hydrogens (tertiary/aromatic N) is 1. The summed E-state index contributed by atoms with van der Waals surface area (Å²) in [6.07, 6.45) is 1.90. The number of aryl methyl sites for hydroxylation is 1. The van der Waals surface area contributed by atoms with Gasteiger partial charge >= 0.3 is 0 Å². The van der Waals surface area contributed by atoms with Gasteiger partial charge in [-0.05, 0) is 23.6 Å². The first-order valence-electron chi connectivity index (χ1n) is 5.92. The van der Waals surface area contributed by atoms with Gasteiger partial charge in [0, 0.05) is 26.3 Å². The molecule has 0 atom stereocenters. The van der Waals surface area contributed by atoms with Crippen molar-refractivity contribution in [3.63, 3.8) is 0 Å². The molecule has 0 unspecified atom stereocenters. The quantitative estimate of drug-likeness (QED) is 0.602. The van der Waals surface area contributed by atoms with Crippen molar-refractivity contribution in [1.29, 1.82) is 0 Å². The Morgan fingerprint density at radius 3 is 2.32 bits per heavy atom. The van der Waals surface area contributed by atoms with Crippen LogP contribution in [0.3, 0.4) is 0 Å². The maximum absolute atomic E-state index is 4.44. The van der Waals surface area contributed by atoms with Gasteiger partial charge in [0.1, 0.15) is 0 Å². The number of hydrogen-bond acceptors (Lipinski definition) is 1. The fourth-order valence-corrected chi connectivity index (χ4v) is 1.71. The van der Waals surface area contributed by atoms with Crippen LogP contribution in [0.4, 0.5) is 0 Å². The molecule has 105 valence electrons. The van der Waals surface area contributed by atoms with E-state index in [1.165, 1.54) is 11.1 Å². The van der Waals surface area contributed by atoms with Crippen molar-refractivity contribution in [3.05, 3.63) is 61.1 Å². The molecule has 2 aromatic rings. The molecule has 0 amide bonds. The van der Waals surface area contributed by atoms with E-state index in [1.807, 2.05) is 25.3 Å². The first kappa shape index (κ1) is 18.0. The molecule has 2 heteroatoms. The van der Waals surface area contributed by atoms with Crippen molar-refractivity contribution >= 4 is 0 Å². The Kier molecular flexibility index (Phi) is 6.62. The number of benzene rings is 1. The monoisotopic (exact) mass is 432 g/mol. The summed E-state index contributed by atoms with van der Waals surface area (Å²) < 4.78 is 0. The average Bonchev–Trinajstić information content (AvgIpc) is 2.29. The molecule has 2 rings (SSSR count). The van der Waals surface area contributed by atoms with Gasteiger partial charge in [0.15, 0.2) is 0 Å². The minimum Gasteiger partial charge on any atom is -0.358 e. The van der Waals surface area contributed by atoms with Gasteiger partial charge < -0.3 is 12.4 Å². The second-order valence-electron chi connectivity index (χ2n) is 5.46. The molecule has 0 saturated carbocycles. The van der Waals surface area contributed by atoms with Crippen molar-refractivity contribution in [2.24, 2.45) is 0 Å².